The minimum Gasteiger partial charge on any atom is -0.357 e. The van der Waals surface area contributed by atoms with Gasteiger partial charge in [0.2, 0.25) is 0 Å². The molecule has 37 heavy (non-hydrogen) atoms. The van der Waals surface area contributed by atoms with Crippen LogP contribution in [0.25, 0.3) is 0 Å². The number of sulfonamides is 1. The van der Waals surface area contributed by atoms with Gasteiger partial charge in [0.1, 0.15) is 6.23 Å². The molecule has 0 radical (unpaired) electrons. The lowest BCUT2D eigenvalue weighted by molar-refractivity contribution is -0.137. The van der Waals surface area contributed by atoms with Gasteiger partial charge in [0.05, 0.1) is 28.2 Å². The Morgan fingerprint density at radius 3 is 2.43 bits per heavy atom. The number of aryl methyl sites for hydroxylation is 1. The topological polar surface area (TPSA) is 49.9 Å². The van der Waals surface area contributed by atoms with Crippen molar-refractivity contribution in [3.05, 3.63) is 101 Å². The Balaban J connectivity index is 1.60. The van der Waals surface area contributed by atoms with Crippen LogP contribution in [-0.2, 0) is 26.4 Å². The third kappa shape index (κ3) is 3.23. The van der Waals surface area contributed by atoms with E-state index < -0.39 is 39.3 Å². The number of allylic oxidation sites excluding steroid dienone is 1. The molecule has 0 unspecified atom stereocenters. The highest BCUT2D eigenvalue weighted by atomic mass is 32.2. The molecular weight excluding hydrogens is 501 g/mol. The van der Waals surface area contributed by atoms with Crippen molar-refractivity contribution in [2.45, 2.75) is 42.0 Å². The van der Waals surface area contributed by atoms with Crippen LogP contribution in [0.15, 0.2) is 83.9 Å². The van der Waals surface area contributed by atoms with Crippen molar-refractivity contribution in [3.63, 3.8) is 0 Å². The minimum absolute atomic E-state index is 0.0103. The third-order valence-electron chi connectivity index (χ3n) is 7.93. The minimum atomic E-state index is -4.63. The fourth-order valence-electron chi connectivity index (χ4n) is 6.35. The van der Waals surface area contributed by atoms with E-state index in [1.54, 1.807) is 12.1 Å². The van der Waals surface area contributed by atoms with Crippen LogP contribution in [-0.4, -0.2) is 28.3 Å². The highest BCUT2D eigenvalue weighted by molar-refractivity contribution is 7.93. The lowest BCUT2D eigenvalue weighted by atomic mass is 9.66. The largest absolute Gasteiger partial charge is 0.416 e. The van der Waals surface area contributed by atoms with E-state index in [9.17, 15) is 21.6 Å². The number of rotatable bonds is 3. The van der Waals surface area contributed by atoms with Crippen molar-refractivity contribution in [1.82, 2.24) is 0 Å². The van der Waals surface area contributed by atoms with Crippen LogP contribution in [0.5, 0.6) is 0 Å². The number of nitrogens with zero attached hydrogens (tertiary/aromatic N) is 2. The molecule has 0 amide bonds. The Morgan fingerprint density at radius 1 is 1.03 bits per heavy atom. The van der Waals surface area contributed by atoms with E-state index in [0.717, 1.165) is 33.3 Å². The highest BCUT2D eigenvalue weighted by Gasteiger charge is 2.62. The molecule has 3 heterocycles. The molecule has 3 aliphatic heterocycles. The van der Waals surface area contributed by atoms with Crippen LogP contribution in [0.4, 0.5) is 24.5 Å². The van der Waals surface area contributed by atoms with Crippen molar-refractivity contribution in [2.75, 3.05) is 22.9 Å². The molecule has 3 aliphatic rings. The predicted molar refractivity (Wildman–Crippen MR) is 135 cm³/mol. The quantitative estimate of drug-likeness (QED) is 0.423. The predicted octanol–water partition coefficient (Wildman–Crippen LogP) is 5.95. The van der Waals surface area contributed by atoms with Crippen LogP contribution in [0.2, 0.25) is 0 Å². The summed E-state index contributed by atoms with van der Waals surface area (Å²) < 4.78 is 76.5. The number of ether oxygens (including phenoxy) is 1. The van der Waals surface area contributed by atoms with E-state index in [1.807, 2.05) is 43.1 Å². The van der Waals surface area contributed by atoms with Gasteiger partial charge in [0, 0.05) is 24.4 Å². The van der Waals surface area contributed by atoms with E-state index in [4.69, 9.17) is 4.74 Å². The van der Waals surface area contributed by atoms with Crippen molar-refractivity contribution in [1.29, 1.82) is 0 Å². The van der Waals surface area contributed by atoms with Crippen molar-refractivity contribution < 1.29 is 26.3 Å². The number of hydrogen-bond donors (Lipinski definition) is 0. The van der Waals surface area contributed by atoms with Crippen LogP contribution in [0.1, 0.15) is 34.6 Å². The molecule has 3 aromatic rings. The van der Waals surface area contributed by atoms with Gasteiger partial charge in [-0.25, -0.2) is 12.7 Å². The smallest absolute Gasteiger partial charge is 0.357 e. The second-order valence-corrected chi connectivity index (χ2v) is 11.7. The first-order valence-corrected chi connectivity index (χ1v) is 13.4. The number of alkyl halides is 3. The molecule has 5 nitrogen and oxygen atoms in total. The summed E-state index contributed by atoms with van der Waals surface area (Å²) in [4.78, 5) is 2.01. The average Bonchev–Trinajstić information content (AvgIpc) is 3.48. The van der Waals surface area contributed by atoms with Crippen molar-refractivity contribution in [2.24, 2.45) is 0 Å². The lowest BCUT2D eigenvalue weighted by Gasteiger charge is -2.37. The molecule has 3 aromatic carbocycles. The number of halogens is 3. The number of benzene rings is 3. The maximum atomic E-state index is 14.0. The maximum Gasteiger partial charge on any atom is 0.416 e. The monoisotopic (exact) mass is 526 g/mol. The molecule has 192 valence electrons. The summed E-state index contributed by atoms with van der Waals surface area (Å²) in [5, 5.41) is 0. The molecule has 6 rings (SSSR count). The van der Waals surface area contributed by atoms with Gasteiger partial charge in [-0.3, -0.25) is 0 Å². The normalized spacial score (nSPS) is 24.8. The standard InChI is InChI=1S/C28H25F3N2O3S/c1-17-8-11-20(12-9-17)37(34,35)33-18(2)25(21-13-10-19(16-24(21)33)28(29,30)31)27-14-15-36-26(27)32(3)23-7-5-4-6-22(23)27/h4-13,16,25-26H,2,14-15H2,1,3H3/t25-,26+,27-/m0/s1. The first-order chi connectivity index (χ1) is 17.5. The molecule has 0 aliphatic carbocycles. The van der Waals surface area contributed by atoms with Crippen LogP contribution in [0.3, 0.4) is 0 Å². The van der Waals surface area contributed by atoms with Crippen LogP contribution >= 0.6 is 0 Å². The zero-order chi connectivity index (χ0) is 26.3. The van der Waals surface area contributed by atoms with E-state index in [1.165, 1.54) is 18.2 Å². The summed E-state index contributed by atoms with van der Waals surface area (Å²) >= 11 is 0. The molecule has 1 fully saturated rings. The molecule has 0 saturated carbocycles. The van der Waals surface area contributed by atoms with Gasteiger partial charge in [-0.15, -0.1) is 0 Å². The zero-order valence-electron chi connectivity index (χ0n) is 20.3. The maximum absolute atomic E-state index is 14.0. The van der Waals surface area contributed by atoms with E-state index >= 15 is 0 Å². The Labute approximate surface area is 213 Å². The molecule has 0 N–H and O–H groups in total. The van der Waals surface area contributed by atoms with Crippen molar-refractivity contribution >= 4 is 21.4 Å². The van der Waals surface area contributed by atoms with Gasteiger partial charge in [-0.05, 0) is 54.8 Å². The first-order valence-electron chi connectivity index (χ1n) is 11.9. The van der Waals surface area contributed by atoms with Gasteiger partial charge >= 0.3 is 6.18 Å². The van der Waals surface area contributed by atoms with Gasteiger partial charge in [-0.1, -0.05) is 48.5 Å². The number of para-hydroxylation sites is 1. The van der Waals surface area contributed by atoms with E-state index in [-0.39, 0.29) is 16.3 Å². The highest BCUT2D eigenvalue weighted by Crippen LogP contribution is 2.63. The van der Waals surface area contributed by atoms with Gasteiger partial charge in [0.25, 0.3) is 10.0 Å². The Hall–Kier alpha value is -3.30. The molecule has 3 atom stereocenters. The molecule has 9 heteroatoms. The van der Waals surface area contributed by atoms with E-state index in [2.05, 4.69) is 6.58 Å². The number of fused-ring (bicyclic) bond motifs is 4. The Bertz CT molecular complexity index is 1530. The van der Waals surface area contributed by atoms with Gasteiger partial charge < -0.3 is 9.64 Å². The summed E-state index contributed by atoms with van der Waals surface area (Å²) in [5.41, 5.74) is 1.87. The van der Waals surface area contributed by atoms with Gasteiger partial charge in [-0.2, -0.15) is 13.2 Å². The SMILES string of the molecule is C=C1[C@H]([C@@]23CCO[C@H]2N(C)c2ccccc23)c2ccc(C(F)(F)F)cc2N1S(=O)(=O)c1ccc(C)cc1. The molecular formula is C28H25F3N2O3S. The van der Waals surface area contributed by atoms with Crippen LogP contribution < -0.4 is 9.21 Å². The Morgan fingerprint density at radius 2 is 1.73 bits per heavy atom. The first kappa shape index (κ1) is 24.1. The van der Waals surface area contributed by atoms with Crippen molar-refractivity contribution in [3.8, 4) is 0 Å². The molecule has 0 spiro atoms. The fraction of sp³-hybridized carbons (Fsp3) is 0.286. The van der Waals surface area contributed by atoms with E-state index in [0.29, 0.717) is 18.6 Å². The number of anilines is 2. The molecule has 1 saturated heterocycles. The average molecular weight is 527 g/mol. The summed E-state index contributed by atoms with van der Waals surface area (Å²) in [6.07, 6.45) is -4.48. The summed E-state index contributed by atoms with van der Waals surface area (Å²) in [7, 11) is -2.33. The second kappa shape index (κ2) is 7.85. The Kier molecular flexibility index (Phi) is 5.10. The third-order valence-corrected chi connectivity index (χ3v) is 9.71. The summed E-state index contributed by atoms with van der Waals surface area (Å²) in [6.45, 7) is 6.49. The number of likely N-dealkylation sites (N-methyl/N-ethyl adjacent to an activating group) is 1. The summed E-state index contributed by atoms with van der Waals surface area (Å²) in [5.74, 6) is -0.608. The number of hydrogen-bond acceptors (Lipinski definition) is 4. The lowest BCUT2D eigenvalue weighted by Crippen LogP contribution is -2.45. The van der Waals surface area contributed by atoms with Gasteiger partial charge in [0.15, 0.2) is 0 Å². The second-order valence-electron chi connectivity index (χ2n) is 9.92. The van der Waals surface area contributed by atoms with Crippen LogP contribution in [0, 0.1) is 6.92 Å². The fourth-order valence-corrected chi connectivity index (χ4v) is 7.87. The molecule has 0 aromatic heterocycles. The summed E-state index contributed by atoms with van der Waals surface area (Å²) in [6, 6.07) is 17.4. The molecule has 0 bridgehead atoms. The zero-order valence-corrected chi connectivity index (χ0v) is 21.1.